The van der Waals surface area contributed by atoms with Crippen LogP contribution in [0.1, 0.15) is 33.6 Å². The molecule has 26 heavy (non-hydrogen) atoms. The van der Waals surface area contributed by atoms with E-state index >= 15 is 0 Å². The maximum atomic E-state index is 12.5. The number of ether oxygens (including phenoxy) is 1. The Morgan fingerprint density at radius 1 is 1.38 bits per heavy atom. The summed E-state index contributed by atoms with van der Waals surface area (Å²) in [6.07, 6.45) is 6.28. The van der Waals surface area contributed by atoms with Gasteiger partial charge in [0.1, 0.15) is 18.2 Å². The number of hydrogen-bond donors (Lipinski definition) is 2. The van der Waals surface area contributed by atoms with Gasteiger partial charge in [0.15, 0.2) is 0 Å². The van der Waals surface area contributed by atoms with Crippen molar-refractivity contribution in [3.8, 4) is 0 Å². The molecule has 2 rings (SSSR count). The van der Waals surface area contributed by atoms with Crippen LogP contribution < -0.4 is 11.1 Å². The van der Waals surface area contributed by atoms with Crippen LogP contribution in [0.4, 0.5) is 4.79 Å². The molecule has 8 heteroatoms. The van der Waals surface area contributed by atoms with Crippen molar-refractivity contribution in [1.29, 1.82) is 0 Å². The van der Waals surface area contributed by atoms with Crippen LogP contribution in [0.25, 0.3) is 0 Å². The molecule has 1 fully saturated rings. The maximum Gasteiger partial charge on any atom is 0.408 e. The average Bonchev–Trinajstić information content (AvgIpc) is 2.96. The number of halogens is 1. The Hall–Kier alpha value is -2.02. The van der Waals surface area contributed by atoms with Crippen LogP contribution >= 0.6 is 11.6 Å². The van der Waals surface area contributed by atoms with Gasteiger partial charge in [-0.1, -0.05) is 23.8 Å². The number of alkyl carbamates (subject to hydrolysis) is 1. The lowest BCUT2D eigenvalue weighted by Crippen LogP contribution is -2.48. The summed E-state index contributed by atoms with van der Waals surface area (Å²) in [6, 6.07) is -0.675. The molecule has 1 unspecified atom stereocenters. The standard InChI is InChI=1S/C18H26ClN3O4/c1-18(2,3)26-17(25)21-9-15(23)22-10-12(8-14(22)16(20)24)11-5-4-6-13(19)7-11/h4-6,11-12,14H,7-10H2,1-3H3,(H2,20,24)(H,21,25)/t11?,12-,14+/m1/s1. The van der Waals surface area contributed by atoms with E-state index in [2.05, 4.69) is 5.32 Å². The summed E-state index contributed by atoms with van der Waals surface area (Å²) in [5, 5.41) is 3.18. The van der Waals surface area contributed by atoms with E-state index in [0.29, 0.717) is 19.4 Å². The van der Waals surface area contributed by atoms with Gasteiger partial charge in [-0.2, -0.15) is 0 Å². The summed E-state index contributed by atoms with van der Waals surface area (Å²) in [5.41, 5.74) is 4.83. The highest BCUT2D eigenvalue weighted by molar-refractivity contribution is 6.29. The number of allylic oxidation sites excluding steroid dienone is 4. The third kappa shape index (κ3) is 5.49. The van der Waals surface area contributed by atoms with Gasteiger partial charge < -0.3 is 20.7 Å². The lowest BCUT2D eigenvalue weighted by molar-refractivity contribution is -0.136. The number of nitrogens with two attached hydrogens (primary N) is 1. The van der Waals surface area contributed by atoms with E-state index in [1.807, 2.05) is 18.2 Å². The normalized spacial score (nSPS) is 25.6. The van der Waals surface area contributed by atoms with Gasteiger partial charge in [-0.05, 0) is 51.5 Å². The smallest absolute Gasteiger partial charge is 0.408 e. The second kappa shape index (κ2) is 8.12. The third-order valence-electron chi connectivity index (χ3n) is 4.44. The Bertz CT molecular complexity index is 639. The largest absolute Gasteiger partial charge is 0.444 e. The van der Waals surface area contributed by atoms with Gasteiger partial charge >= 0.3 is 6.09 Å². The lowest BCUT2D eigenvalue weighted by Gasteiger charge is -2.24. The Morgan fingerprint density at radius 3 is 2.65 bits per heavy atom. The molecule has 0 aromatic carbocycles. The Morgan fingerprint density at radius 2 is 2.08 bits per heavy atom. The molecule has 0 aromatic heterocycles. The molecule has 144 valence electrons. The first-order valence-corrected chi connectivity index (χ1v) is 9.03. The molecule has 3 atom stereocenters. The zero-order valence-electron chi connectivity index (χ0n) is 15.3. The minimum atomic E-state index is -0.677. The number of hydrogen-bond acceptors (Lipinski definition) is 4. The van der Waals surface area contributed by atoms with Gasteiger partial charge in [0, 0.05) is 11.6 Å². The minimum absolute atomic E-state index is 0.0941. The van der Waals surface area contributed by atoms with Gasteiger partial charge in [-0.25, -0.2) is 4.79 Å². The van der Waals surface area contributed by atoms with Gasteiger partial charge in [0.25, 0.3) is 0 Å². The van der Waals surface area contributed by atoms with E-state index in [-0.39, 0.29) is 24.3 Å². The third-order valence-corrected chi connectivity index (χ3v) is 4.72. The van der Waals surface area contributed by atoms with Gasteiger partial charge in [0.2, 0.25) is 11.8 Å². The number of amides is 3. The first-order valence-electron chi connectivity index (χ1n) is 8.65. The molecule has 0 radical (unpaired) electrons. The van der Waals surface area contributed by atoms with Crippen molar-refractivity contribution in [2.75, 3.05) is 13.1 Å². The molecule has 1 aliphatic heterocycles. The predicted molar refractivity (Wildman–Crippen MR) is 98.2 cm³/mol. The molecule has 1 saturated heterocycles. The van der Waals surface area contributed by atoms with Crippen LogP contribution in [0, 0.1) is 11.8 Å². The van der Waals surface area contributed by atoms with E-state index in [1.54, 1.807) is 20.8 Å². The van der Waals surface area contributed by atoms with E-state index in [1.165, 1.54) is 4.90 Å². The molecule has 7 nitrogen and oxygen atoms in total. The van der Waals surface area contributed by atoms with Crippen LogP contribution in [0.5, 0.6) is 0 Å². The van der Waals surface area contributed by atoms with Crippen molar-refractivity contribution >= 4 is 29.5 Å². The molecule has 1 aliphatic carbocycles. The van der Waals surface area contributed by atoms with Crippen molar-refractivity contribution < 1.29 is 19.1 Å². The Kier molecular flexibility index (Phi) is 6.34. The number of likely N-dealkylation sites (tertiary alicyclic amines) is 1. The second-order valence-corrected chi connectivity index (χ2v) is 8.17. The van der Waals surface area contributed by atoms with Crippen LogP contribution in [0.15, 0.2) is 23.3 Å². The zero-order chi connectivity index (χ0) is 19.5. The first-order chi connectivity index (χ1) is 12.1. The number of carbonyl (C=O) groups is 3. The quantitative estimate of drug-likeness (QED) is 0.774. The highest BCUT2D eigenvalue weighted by Gasteiger charge is 2.41. The Balaban J connectivity index is 1.96. The summed E-state index contributed by atoms with van der Waals surface area (Å²) >= 11 is 6.10. The second-order valence-electron chi connectivity index (χ2n) is 7.68. The van der Waals surface area contributed by atoms with Crippen LogP contribution in [-0.4, -0.2) is 47.5 Å². The molecule has 0 saturated carbocycles. The van der Waals surface area contributed by atoms with Crippen LogP contribution in [0.2, 0.25) is 0 Å². The van der Waals surface area contributed by atoms with Crippen molar-refractivity contribution in [2.45, 2.75) is 45.3 Å². The van der Waals surface area contributed by atoms with Gasteiger partial charge in [0.05, 0.1) is 0 Å². The fraction of sp³-hybridized carbons (Fsp3) is 0.611. The fourth-order valence-corrected chi connectivity index (χ4v) is 3.53. The van der Waals surface area contributed by atoms with Crippen molar-refractivity contribution in [3.63, 3.8) is 0 Å². The highest BCUT2D eigenvalue weighted by atomic mass is 35.5. The summed E-state index contributed by atoms with van der Waals surface area (Å²) in [4.78, 5) is 37.5. The van der Waals surface area contributed by atoms with E-state index < -0.39 is 23.6 Å². The van der Waals surface area contributed by atoms with Crippen LogP contribution in [-0.2, 0) is 14.3 Å². The molecule has 0 bridgehead atoms. The molecule has 0 aromatic rings. The van der Waals surface area contributed by atoms with E-state index in [4.69, 9.17) is 22.1 Å². The number of nitrogens with zero attached hydrogens (tertiary/aromatic N) is 1. The summed E-state index contributed by atoms with van der Waals surface area (Å²) < 4.78 is 5.11. The number of rotatable bonds is 4. The van der Waals surface area contributed by atoms with Crippen molar-refractivity contribution in [1.82, 2.24) is 10.2 Å². The molecule has 2 aliphatic rings. The van der Waals surface area contributed by atoms with E-state index in [9.17, 15) is 14.4 Å². The maximum absolute atomic E-state index is 12.5. The van der Waals surface area contributed by atoms with Crippen molar-refractivity contribution in [3.05, 3.63) is 23.3 Å². The Labute approximate surface area is 158 Å². The molecule has 3 amide bonds. The van der Waals surface area contributed by atoms with Gasteiger partial charge in [-0.3, -0.25) is 9.59 Å². The molecular formula is C18H26ClN3O4. The molecule has 0 spiro atoms. The lowest BCUT2D eigenvalue weighted by atomic mass is 9.85. The first kappa shape index (κ1) is 20.3. The average molecular weight is 384 g/mol. The summed E-state index contributed by atoms with van der Waals surface area (Å²) in [5.74, 6) is -0.647. The van der Waals surface area contributed by atoms with Crippen LogP contribution in [0.3, 0.4) is 0 Å². The SMILES string of the molecule is CC(C)(C)OC(=O)NCC(=O)N1C[C@H](C2C=CC=C(Cl)C2)C[C@H]1C(N)=O. The minimum Gasteiger partial charge on any atom is -0.444 e. The summed E-state index contributed by atoms with van der Waals surface area (Å²) in [6.45, 7) is 5.37. The summed E-state index contributed by atoms with van der Waals surface area (Å²) in [7, 11) is 0. The monoisotopic (exact) mass is 383 g/mol. The molecule has 3 N–H and O–H groups in total. The highest BCUT2D eigenvalue weighted by Crippen LogP contribution is 2.35. The fourth-order valence-electron chi connectivity index (χ4n) is 3.28. The zero-order valence-corrected chi connectivity index (χ0v) is 16.1. The molecular weight excluding hydrogens is 358 g/mol. The molecule has 1 heterocycles. The predicted octanol–water partition coefficient (Wildman–Crippen LogP) is 1.91. The van der Waals surface area contributed by atoms with Crippen molar-refractivity contribution in [2.24, 2.45) is 17.6 Å². The number of carbonyl (C=O) groups excluding carboxylic acids is 3. The number of primary amides is 1. The van der Waals surface area contributed by atoms with E-state index in [0.717, 1.165) is 5.03 Å². The topological polar surface area (TPSA) is 102 Å². The number of nitrogens with one attached hydrogen (secondary N) is 1. The van der Waals surface area contributed by atoms with Gasteiger partial charge in [-0.15, -0.1) is 0 Å².